The van der Waals surface area contributed by atoms with Crippen LogP contribution < -0.4 is 10.2 Å². The first-order chi connectivity index (χ1) is 6.81. The van der Waals surface area contributed by atoms with Gasteiger partial charge in [0.05, 0.1) is 0 Å². The summed E-state index contributed by atoms with van der Waals surface area (Å²) in [5.41, 5.74) is 2.48. The van der Waals surface area contributed by atoms with Crippen LogP contribution in [-0.2, 0) is 4.79 Å². The Bertz CT molecular complexity index is 387. The Morgan fingerprint density at radius 2 is 2.21 bits per heavy atom. The van der Waals surface area contributed by atoms with Crippen LogP contribution in [0, 0.1) is 0 Å². The van der Waals surface area contributed by atoms with Gasteiger partial charge in [-0.1, -0.05) is 24.3 Å². The van der Waals surface area contributed by atoms with Gasteiger partial charge in [-0.2, -0.15) is 0 Å². The minimum absolute atomic E-state index is 0.573. The Morgan fingerprint density at radius 1 is 1.43 bits per heavy atom. The molecule has 1 unspecified atom stereocenters. The van der Waals surface area contributed by atoms with Crippen molar-refractivity contribution in [3.63, 3.8) is 0 Å². The fourth-order valence-electron chi connectivity index (χ4n) is 1.30. The fraction of sp³-hybridized carbons (Fsp3) is 0.100. The maximum atomic E-state index is 11.0. The van der Waals surface area contributed by atoms with E-state index in [-0.39, 0.29) is 0 Å². The maximum Gasteiger partial charge on any atom is 0.288 e. The van der Waals surface area contributed by atoms with Gasteiger partial charge in [-0.15, -0.1) is 0 Å². The molecule has 1 aromatic carbocycles. The van der Waals surface area contributed by atoms with E-state index in [9.17, 15) is 4.79 Å². The third-order valence-corrected chi connectivity index (χ3v) is 1.99. The molecule has 0 aliphatic carbocycles. The van der Waals surface area contributed by atoms with Gasteiger partial charge in [-0.3, -0.25) is 10.0 Å². The van der Waals surface area contributed by atoms with E-state index < -0.39 is 12.0 Å². The number of carbonyl (C=O) groups excluding carboxylic acids is 1. The molecular formula is C10H9NO3. The summed E-state index contributed by atoms with van der Waals surface area (Å²) in [6.45, 7) is 0. The van der Waals surface area contributed by atoms with Crippen molar-refractivity contribution in [1.29, 1.82) is 0 Å². The summed E-state index contributed by atoms with van der Waals surface area (Å²) in [6, 6.07) is 7.38. The van der Waals surface area contributed by atoms with Crippen LogP contribution in [-0.4, -0.2) is 17.2 Å². The molecule has 0 saturated heterocycles. The number of benzene rings is 1. The normalized spacial score (nSPS) is 18.2. The molecule has 2 rings (SSSR count). The van der Waals surface area contributed by atoms with Crippen LogP contribution >= 0.6 is 0 Å². The Balaban J connectivity index is 2.25. The molecule has 0 aromatic heterocycles. The van der Waals surface area contributed by atoms with E-state index in [2.05, 4.69) is 0 Å². The number of fused-ring (bicyclic) bond motifs is 1. The lowest BCUT2D eigenvalue weighted by atomic mass is 10.1. The molecule has 1 aliphatic heterocycles. The molecule has 4 heteroatoms. The molecule has 1 heterocycles. The van der Waals surface area contributed by atoms with Crippen LogP contribution in [0.3, 0.4) is 0 Å². The van der Waals surface area contributed by atoms with Crippen molar-refractivity contribution in [3.05, 3.63) is 35.9 Å². The van der Waals surface area contributed by atoms with Crippen LogP contribution in [0.2, 0.25) is 0 Å². The van der Waals surface area contributed by atoms with E-state index in [0.717, 1.165) is 5.56 Å². The summed E-state index contributed by atoms with van der Waals surface area (Å²) >= 11 is 0. The standard InChI is InChI=1S/C10H9NO3/c12-10(11-13)9-6-5-7-3-1-2-4-8(7)14-9/h1-6,9,13H,(H,11,12). The number of hydroxylamine groups is 1. The van der Waals surface area contributed by atoms with Crippen LogP contribution in [0.4, 0.5) is 0 Å². The first kappa shape index (κ1) is 8.77. The second-order valence-corrected chi connectivity index (χ2v) is 2.91. The highest BCUT2D eigenvalue weighted by Gasteiger charge is 2.20. The zero-order chi connectivity index (χ0) is 9.97. The van der Waals surface area contributed by atoms with Crippen LogP contribution in [0.5, 0.6) is 5.75 Å². The SMILES string of the molecule is O=C(NO)C1C=Cc2ccccc2O1. The second kappa shape index (κ2) is 3.51. The Labute approximate surface area is 80.8 Å². The number of para-hydroxylation sites is 1. The average Bonchev–Trinajstić information content (AvgIpc) is 2.27. The van der Waals surface area contributed by atoms with E-state index >= 15 is 0 Å². The molecule has 1 amide bonds. The second-order valence-electron chi connectivity index (χ2n) is 2.91. The van der Waals surface area contributed by atoms with Crippen molar-refractivity contribution >= 4 is 12.0 Å². The molecule has 1 aromatic rings. The number of nitrogens with one attached hydrogen (secondary N) is 1. The highest BCUT2D eigenvalue weighted by molar-refractivity contribution is 5.84. The zero-order valence-corrected chi connectivity index (χ0v) is 7.31. The summed E-state index contributed by atoms with van der Waals surface area (Å²) in [4.78, 5) is 11.0. The molecule has 1 aliphatic rings. The van der Waals surface area contributed by atoms with E-state index in [4.69, 9.17) is 9.94 Å². The Hall–Kier alpha value is -1.81. The molecule has 0 saturated carbocycles. The van der Waals surface area contributed by atoms with Crippen molar-refractivity contribution < 1.29 is 14.7 Å². The van der Waals surface area contributed by atoms with Crippen LogP contribution in [0.25, 0.3) is 6.08 Å². The van der Waals surface area contributed by atoms with Gasteiger partial charge in [0.1, 0.15) is 5.75 Å². The predicted molar refractivity (Wildman–Crippen MR) is 49.8 cm³/mol. The van der Waals surface area contributed by atoms with Crippen LogP contribution in [0.1, 0.15) is 5.56 Å². The lowest BCUT2D eigenvalue weighted by molar-refractivity contribution is -0.134. The molecule has 1 atom stereocenters. The van der Waals surface area contributed by atoms with Crippen LogP contribution in [0.15, 0.2) is 30.3 Å². The van der Waals surface area contributed by atoms with E-state index in [1.54, 1.807) is 23.7 Å². The van der Waals surface area contributed by atoms with E-state index in [1.165, 1.54) is 0 Å². The number of carbonyl (C=O) groups is 1. The predicted octanol–water partition coefficient (Wildman–Crippen LogP) is 0.966. The van der Waals surface area contributed by atoms with Gasteiger partial charge in [-0.25, -0.2) is 5.48 Å². The van der Waals surface area contributed by atoms with Gasteiger partial charge < -0.3 is 4.74 Å². The number of ether oxygens (including phenoxy) is 1. The van der Waals surface area contributed by atoms with Crippen molar-refractivity contribution in [2.75, 3.05) is 0 Å². The molecule has 72 valence electrons. The smallest absolute Gasteiger partial charge is 0.288 e. The Morgan fingerprint density at radius 3 is 3.00 bits per heavy atom. The van der Waals surface area contributed by atoms with Crippen molar-refractivity contribution in [1.82, 2.24) is 5.48 Å². The monoisotopic (exact) mass is 191 g/mol. The molecule has 0 bridgehead atoms. The molecule has 2 N–H and O–H groups in total. The van der Waals surface area contributed by atoms with Gasteiger partial charge in [0, 0.05) is 5.56 Å². The van der Waals surface area contributed by atoms with Crippen molar-refractivity contribution in [3.8, 4) is 5.75 Å². The molecule has 14 heavy (non-hydrogen) atoms. The number of hydrogen-bond donors (Lipinski definition) is 2. The first-order valence-corrected chi connectivity index (χ1v) is 4.19. The quantitative estimate of drug-likeness (QED) is 0.513. The van der Waals surface area contributed by atoms with E-state index in [0.29, 0.717) is 5.75 Å². The van der Waals surface area contributed by atoms with E-state index in [1.807, 2.05) is 18.2 Å². The summed E-state index contributed by atoms with van der Waals surface area (Å²) < 4.78 is 5.33. The van der Waals surface area contributed by atoms with Gasteiger partial charge in [0.15, 0.2) is 6.10 Å². The van der Waals surface area contributed by atoms with Gasteiger partial charge in [0.2, 0.25) is 0 Å². The largest absolute Gasteiger partial charge is 0.476 e. The van der Waals surface area contributed by atoms with Crippen molar-refractivity contribution in [2.24, 2.45) is 0 Å². The summed E-state index contributed by atoms with van der Waals surface area (Å²) in [5, 5.41) is 8.42. The number of hydrogen-bond acceptors (Lipinski definition) is 3. The fourth-order valence-corrected chi connectivity index (χ4v) is 1.30. The number of amides is 1. The average molecular weight is 191 g/mol. The molecule has 0 fully saturated rings. The lowest BCUT2D eigenvalue weighted by Gasteiger charge is -2.19. The Kier molecular flexibility index (Phi) is 2.20. The third-order valence-electron chi connectivity index (χ3n) is 1.99. The molecule has 4 nitrogen and oxygen atoms in total. The van der Waals surface area contributed by atoms with Crippen molar-refractivity contribution in [2.45, 2.75) is 6.10 Å². The summed E-state index contributed by atoms with van der Waals surface area (Å²) in [7, 11) is 0. The first-order valence-electron chi connectivity index (χ1n) is 4.19. The highest BCUT2D eigenvalue weighted by Crippen LogP contribution is 2.25. The maximum absolute atomic E-state index is 11.0. The topological polar surface area (TPSA) is 58.6 Å². The summed E-state index contributed by atoms with van der Waals surface area (Å²) in [5.74, 6) is 0.0688. The third kappa shape index (κ3) is 1.47. The minimum atomic E-state index is -0.755. The highest BCUT2D eigenvalue weighted by atomic mass is 16.5. The zero-order valence-electron chi connectivity index (χ0n) is 7.31. The minimum Gasteiger partial charge on any atom is -0.476 e. The van der Waals surface area contributed by atoms with Gasteiger partial charge in [0.25, 0.3) is 5.91 Å². The van der Waals surface area contributed by atoms with Gasteiger partial charge in [-0.05, 0) is 12.1 Å². The summed E-state index contributed by atoms with van der Waals surface area (Å²) in [6.07, 6.45) is 2.63. The number of rotatable bonds is 1. The molecule has 0 radical (unpaired) electrons. The van der Waals surface area contributed by atoms with Gasteiger partial charge >= 0.3 is 0 Å². The molecule has 0 spiro atoms. The lowest BCUT2D eigenvalue weighted by Crippen LogP contribution is -2.36. The molecular weight excluding hydrogens is 182 g/mol.